The van der Waals surface area contributed by atoms with Crippen LogP contribution in [-0.2, 0) is 18.9 Å². The fraction of sp³-hybridized carbons (Fsp3) is 0.150. The first-order valence-electron chi connectivity index (χ1n) is 9.37. The number of hydrogen-bond acceptors (Lipinski definition) is 6. The van der Waals surface area contributed by atoms with Crippen molar-refractivity contribution < 1.29 is 35.6 Å². The first-order valence-corrected chi connectivity index (χ1v) is 9.37. The van der Waals surface area contributed by atoms with Crippen molar-refractivity contribution in [3.8, 4) is 11.6 Å². The number of carbonyl (C=O) groups is 1. The molecule has 0 aliphatic heterocycles. The van der Waals surface area contributed by atoms with Crippen molar-refractivity contribution in [2.75, 3.05) is 5.32 Å². The topological polar surface area (TPSA) is 98.7 Å². The zero-order valence-electron chi connectivity index (χ0n) is 16.7. The number of anilines is 1. The van der Waals surface area contributed by atoms with E-state index in [2.05, 4.69) is 25.6 Å². The average molecular weight is 482 g/mol. The van der Waals surface area contributed by atoms with Gasteiger partial charge in [-0.2, -0.15) is 31.4 Å². The molecule has 0 saturated heterocycles. The van der Waals surface area contributed by atoms with Gasteiger partial charge in [-0.25, -0.2) is 0 Å². The predicted octanol–water partition coefficient (Wildman–Crippen LogP) is 4.67. The van der Waals surface area contributed by atoms with E-state index in [0.29, 0.717) is 11.8 Å². The van der Waals surface area contributed by atoms with Crippen molar-refractivity contribution in [2.24, 2.45) is 0 Å². The van der Waals surface area contributed by atoms with Gasteiger partial charge in [-0.05, 0) is 29.8 Å². The maximum absolute atomic E-state index is 13.3. The molecule has 1 N–H and O–H groups in total. The molecule has 34 heavy (non-hydrogen) atoms. The van der Waals surface area contributed by atoms with Gasteiger partial charge < -0.3 is 9.73 Å². The van der Waals surface area contributed by atoms with E-state index in [0.717, 1.165) is 16.9 Å². The van der Waals surface area contributed by atoms with E-state index in [1.807, 2.05) is 0 Å². The number of carbonyl (C=O) groups excluding carboxylic acids is 1. The van der Waals surface area contributed by atoms with Crippen LogP contribution in [-0.4, -0.2) is 30.9 Å². The summed E-state index contributed by atoms with van der Waals surface area (Å²) in [5.74, 6) is -1.20. The van der Waals surface area contributed by atoms with Gasteiger partial charge in [-0.1, -0.05) is 12.1 Å². The lowest BCUT2D eigenvalue weighted by Crippen LogP contribution is -2.15. The summed E-state index contributed by atoms with van der Waals surface area (Å²) < 4.78 is 84.8. The molecule has 1 amide bonds. The minimum Gasteiger partial charge on any atom is -0.411 e. The SMILES string of the molecule is O=C(Nc1cnn(Cc2ccc(C(F)(F)F)cc2C(F)(F)F)c1)c1nnc(-c2ccccn2)o1. The Balaban J connectivity index is 1.49. The highest BCUT2D eigenvalue weighted by Gasteiger charge is 2.38. The van der Waals surface area contributed by atoms with Gasteiger partial charge in [-0.15, -0.1) is 10.2 Å². The number of hydrogen-bond donors (Lipinski definition) is 1. The van der Waals surface area contributed by atoms with Crippen LogP contribution in [0.25, 0.3) is 11.6 Å². The van der Waals surface area contributed by atoms with Crippen molar-refractivity contribution in [2.45, 2.75) is 18.9 Å². The van der Waals surface area contributed by atoms with Crippen LogP contribution in [0.3, 0.4) is 0 Å². The number of nitrogens with one attached hydrogen (secondary N) is 1. The minimum atomic E-state index is -5.01. The Morgan fingerprint density at radius 3 is 2.50 bits per heavy atom. The van der Waals surface area contributed by atoms with Crippen LogP contribution in [0.1, 0.15) is 27.4 Å². The van der Waals surface area contributed by atoms with Crippen LogP contribution in [0.4, 0.5) is 32.0 Å². The monoisotopic (exact) mass is 482 g/mol. The van der Waals surface area contributed by atoms with Crippen LogP contribution < -0.4 is 5.32 Å². The third-order valence-electron chi connectivity index (χ3n) is 4.47. The molecule has 3 aromatic heterocycles. The maximum Gasteiger partial charge on any atom is 0.416 e. The van der Waals surface area contributed by atoms with Crippen molar-refractivity contribution >= 4 is 11.6 Å². The quantitative estimate of drug-likeness (QED) is 0.416. The number of amides is 1. The number of pyridine rings is 1. The van der Waals surface area contributed by atoms with Gasteiger partial charge in [0.25, 0.3) is 5.89 Å². The molecule has 0 radical (unpaired) electrons. The molecule has 4 rings (SSSR count). The summed E-state index contributed by atoms with van der Waals surface area (Å²) >= 11 is 0. The van der Waals surface area contributed by atoms with E-state index < -0.39 is 47.4 Å². The highest BCUT2D eigenvalue weighted by molar-refractivity contribution is 6.00. The first-order chi connectivity index (χ1) is 16.0. The Kier molecular flexibility index (Phi) is 5.81. The molecule has 0 spiro atoms. The largest absolute Gasteiger partial charge is 0.416 e. The van der Waals surface area contributed by atoms with Gasteiger partial charge in [0.2, 0.25) is 0 Å². The zero-order chi connectivity index (χ0) is 24.5. The Labute approximate surface area is 186 Å². The van der Waals surface area contributed by atoms with E-state index in [1.54, 1.807) is 18.2 Å². The summed E-state index contributed by atoms with van der Waals surface area (Å²) in [5, 5.41) is 13.6. The normalized spacial score (nSPS) is 12.1. The number of rotatable bonds is 5. The molecule has 0 fully saturated rings. The van der Waals surface area contributed by atoms with Gasteiger partial charge in [-0.3, -0.25) is 14.5 Å². The molecule has 1 aromatic carbocycles. The molecular weight excluding hydrogens is 470 g/mol. The van der Waals surface area contributed by atoms with Crippen molar-refractivity contribution in [1.29, 1.82) is 0 Å². The van der Waals surface area contributed by atoms with Crippen molar-refractivity contribution in [3.63, 3.8) is 0 Å². The lowest BCUT2D eigenvalue weighted by atomic mass is 10.0. The summed E-state index contributed by atoms with van der Waals surface area (Å²) in [4.78, 5) is 16.3. The van der Waals surface area contributed by atoms with Crippen molar-refractivity contribution in [1.82, 2.24) is 25.0 Å². The summed E-state index contributed by atoms with van der Waals surface area (Å²) in [6.45, 7) is -0.493. The first kappa shape index (κ1) is 22.9. The molecular formula is C20H12F6N6O2. The summed E-state index contributed by atoms with van der Waals surface area (Å²) in [5.41, 5.74) is -2.85. The van der Waals surface area contributed by atoms with E-state index in [1.165, 1.54) is 12.4 Å². The highest BCUT2D eigenvalue weighted by atomic mass is 19.4. The average Bonchev–Trinajstić information content (AvgIpc) is 3.43. The Morgan fingerprint density at radius 2 is 1.82 bits per heavy atom. The fourth-order valence-electron chi connectivity index (χ4n) is 2.94. The number of halogens is 6. The third-order valence-corrected chi connectivity index (χ3v) is 4.47. The molecule has 4 aromatic rings. The minimum absolute atomic E-state index is 0.00317. The Bertz CT molecular complexity index is 1310. The second-order valence-electron chi connectivity index (χ2n) is 6.88. The molecule has 0 saturated carbocycles. The molecule has 176 valence electrons. The van der Waals surface area contributed by atoms with Crippen LogP contribution in [0.5, 0.6) is 0 Å². The molecule has 14 heteroatoms. The standard InChI is InChI=1S/C20H12F6N6O2/c21-19(22,23)12-5-4-11(14(7-12)20(24,25)26)9-32-10-13(8-28-32)29-16(33)18-31-30-17(34-18)15-3-1-2-6-27-15/h1-8,10H,9H2,(H,29,33). The van der Waals surface area contributed by atoms with Gasteiger partial charge in [0.15, 0.2) is 0 Å². The molecule has 0 bridgehead atoms. The van der Waals surface area contributed by atoms with E-state index in [9.17, 15) is 31.1 Å². The molecule has 0 atom stereocenters. The Hall–Kier alpha value is -4.23. The molecule has 8 nitrogen and oxygen atoms in total. The van der Waals surface area contributed by atoms with Crippen molar-refractivity contribution in [3.05, 3.63) is 77.6 Å². The molecule has 0 unspecified atom stereocenters. The predicted molar refractivity (Wildman–Crippen MR) is 103 cm³/mol. The number of benzene rings is 1. The maximum atomic E-state index is 13.3. The molecule has 0 aliphatic carbocycles. The van der Waals surface area contributed by atoms with Gasteiger partial charge in [0.1, 0.15) is 5.69 Å². The van der Waals surface area contributed by atoms with E-state index >= 15 is 0 Å². The van der Waals surface area contributed by atoms with Gasteiger partial charge in [0, 0.05) is 12.4 Å². The Morgan fingerprint density at radius 1 is 1.03 bits per heavy atom. The van der Waals surface area contributed by atoms with Gasteiger partial charge >= 0.3 is 24.2 Å². The fourth-order valence-corrected chi connectivity index (χ4v) is 2.94. The molecule has 0 aliphatic rings. The number of aromatic nitrogens is 5. The third kappa shape index (κ3) is 5.05. The van der Waals surface area contributed by atoms with E-state index in [4.69, 9.17) is 4.42 Å². The number of alkyl halides is 6. The van der Waals surface area contributed by atoms with Crippen LogP contribution in [0.2, 0.25) is 0 Å². The van der Waals surface area contributed by atoms with Crippen LogP contribution in [0.15, 0.2) is 59.4 Å². The summed E-state index contributed by atoms with van der Waals surface area (Å²) in [7, 11) is 0. The summed E-state index contributed by atoms with van der Waals surface area (Å²) in [6.07, 6.45) is -6.09. The lowest BCUT2D eigenvalue weighted by Gasteiger charge is -2.16. The highest BCUT2D eigenvalue weighted by Crippen LogP contribution is 2.37. The van der Waals surface area contributed by atoms with E-state index in [-0.39, 0.29) is 17.6 Å². The van der Waals surface area contributed by atoms with Gasteiger partial charge in [0.05, 0.1) is 29.6 Å². The second-order valence-corrected chi connectivity index (χ2v) is 6.88. The number of nitrogens with zero attached hydrogens (tertiary/aromatic N) is 5. The second kappa shape index (κ2) is 8.61. The zero-order valence-corrected chi connectivity index (χ0v) is 16.7. The van der Waals surface area contributed by atoms with Crippen LogP contribution in [0, 0.1) is 0 Å². The summed E-state index contributed by atoms with van der Waals surface area (Å²) in [6, 6.07) is 6.30. The molecule has 3 heterocycles. The smallest absolute Gasteiger partial charge is 0.411 e. The van der Waals surface area contributed by atoms with Crippen LogP contribution >= 0.6 is 0 Å². The lowest BCUT2D eigenvalue weighted by molar-refractivity contribution is -0.143.